The van der Waals surface area contributed by atoms with Crippen LogP contribution in [0, 0.1) is 5.82 Å². The van der Waals surface area contributed by atoms with E-state index in [4.69, 9.17) is 0 Å². The van der Waals surface area contributed by atoms with Crippen LogP contribution in [0.1, 0.15) is 12.8 Å². The largest absolute Gasteiger partial charge is 0.384 e. The number of anilines is 1. The lowest BCUT2D eigenvalue weighted by Gasteiger charge is -2.13. The summed E-state index contributed by atoms with van der Waals surface area (Å²) >= 11 is 1.91. The third kappa shape index (κ3) is 2.21. The molecule has 1 aliphatic rings. The van der Waals surface area contributed by atoms with Crippen LogP contribution in [0.4, 0.5) is 10.1 Å². The Morgan fingerprint density at radius 1 is 1.50 bits per heavy atom. The Balaban J connectivity index is 1.92. The maximum atomic E-state index is 12.8. The topological polar surface area (TPSA) is 12.0 Å². The van der Waals surface area contributed by atoms with E-state index < -0.39 is 0 Å². The number of hydrogen-bond acceptors (Lipinski definition) is 2. The van der Waals surface area contributed by atoms with E-state index in [9.17, 15) is 4.39 Å². The highest BCUT2D eigenvalue weighted by atomic mass is 32.2. The average molecular weight is 211 g/mol. The quantitative estimate of drug-likeness (QED) is 0.821. The Morgan fingerprint density at radius 2 is 2.29 bits per heavy atom. The number of nitrogens with one attached hydrogen (secondary N) is 1. The highest BCUT2D eigenvalue weighted by Gasteiger charge is 2.41. The molecular formula is C11H14FNS. The number of benzene rings is 1. The summed E-state index contributed by atoms with van der Waals surface area (Å²) < 4.78 is 13.3. The number of halogens is 1. The first-order valence-electron chi connectivity index (χ1n) is 4.79. The lowest BCUT2D eigenvalue weighted by atomic mass is 10.3. The Labute approximate surface area is 88.1 Å². The fraction of sp³-hybridized carbons (Fsp3) is 0.455. The zero-order chi connectivity index (χ0) is 10.0. The van der Waals surface area contributed by atoms with Gasteiger partial charge in [0.05, 0.1) is 0 Å². The predicted molar refractivity (Wildman–Crippen MR) is 60.4 cm³/mol. The van der Waals surface area contributed by atoms with Gasteiger partial charge in [-0.2, -0.15) is 11.8 Å². The van der Waals surface area contributed by atoms with E-state index in [0.29, 0.717) is 4.75 Å². The fourth-order valence-electron chi connectivity index (χ4n) is 1.45. The highest BCUT2D eigenvalue weighted by molar-refractivity contribution is 8.00. The molecule has 0 aliphatic heterocycles. The third-order valence-electron chi connectivity index (χ3n) is 2.68. The predicted octanol–water partition coefficient (Wildman–Crippen LogP) is 3.13. The summed E-state index contributed by atoms with van der Waals surface area (Å²) in [5, 5.41) is 3.28. The molecule has 0 unspecified atom stereocenters. The third-order valence-corrected chi connectivity index (χ3v) is 4.10. The maximum Gasteiger partial charge on any atom is 0.125 e. The van der Waals surface area contributed by atoms with E-state index in [1.54, 1.807) is 6.07 Å². The van der Waals surface area contributed by atoms with Crippen molar-refractivity contribution in [3.63, 3.8) is 0 Å². The molecule has 0 heterocycles. The van der Waals surface area contributed by atoms with Gasteiger partial charge < -0.3 is 5.32 Å². The zero-order valence-corrected chi connectivity index (χ0v) is 9.03. The summed E-state index contributed by atoms with van der Waals surface area (Å²) in [4.78, 5) is 0. The average Bonchev–Trinajstić information content (AvgIpc) is 2.96. The van der Waals surface area contributed by atoms with Crippen molar-refractivity contribution in [2.45, 2.75) is 17.6 Å². The van der Waals surface area contributed by atoms with Crippen LogP contribution in [-0.4, -0.2) is 17.5 Å². The van der Waals surface area contributed by atoms with E-state index in [2.05, 4.69) is 11.6 Å². The molecular weight excluding hydrogens is 197 g/mol. The standard InChI is InChI=1S/C11H14FNS/c1-14-11(5-6-11)8-13-10-4-2-3-9(12)7-10/h2-4,7,13H,5-6,8H2,1H3. The molecule has 1 saturated carbocycles. The minimum absolute atomic E-state index is 0.177. The minimum Gasteiger partial charge on any atom is -0.384 e. The van der Waals surface area contributed by atoms with Crippen LogP contribution in [0.3, 0.4) is 0 Å². The van der Waals surface area contributed by atoms with Crippen LogP contribution in [0.5, 0.6) is 0 Å². The van der Waals surface area contributed by atoms with Crippen LogP contribution in [0.15, 0.2) is 24.3 Å². The molecule has 1 fully saturated rings. The molecule has 0 spiro atoms. The van der Waals surface area contributed by atoms with E-state index >= 15 is 0 Å². The summed E-state index contributed by atoms with van der Waals surface area (Å²) in [6.07, 6.45) is 4.69. The van der Waals surface area contributed by atoms with Gasteiger partial charge in [-0.1, -0.05) is 6.07 Å². The van der Waals surface area contributed by atoms with E-state index in [0.717, 1.165) is 12.2 Å². The van der Waals surface area contributed by atoms with Crippen molar-refractivity contribution in [1.82, 2.24) is 0 Å². The SMILES string of the molecule is CSC1(CNc2cccc(F)c2)CC1. The lowest BCUT2D eigenvalue weighted by molar-refractivity contribution is 0.628. The molecule has 1 aromatic carbocycles. The van der Waals surface area contributed by atoms with Crippen LogP contribution >= 0.6 is 11.8 Å². The van der Waals surface area contributed by atoms with Crippen molar-refractivity contribution in [1.29, 1.82) is 0 Å². The van der Waals surface area contributed by atoms with Gasteiger partial charge in [-0.3, -0.25) is 0 Å². The molecule has 0 amide bonds. The van der Waals surface area contributed by atoms with Crippen molar-refractivity contribution >= 4 is 17.4 Å². The van der Waals surface area contributed by atoms with Crippen LogP contribution in [-0.2, 0) is 0 Å². The summed E-state index contributed by atoms with van der Waals surface area (Å²) in [6.45, 7) is 0.942. The summed E-state index contributed by atoms with van der Waals surface area (Å²) in [6, 6.07) is 6.64. The molecule has 1 aliphatic carbocycles. The molecule has 1 N–H and O–H groups in total. The second kappa shape index (κ2) is 3.81. The van der Waals surface area contributed by atoms with Crippen LogP contribution < -0.4 is 5.32 Å². The van der Waals surface area contributed by atoms with Crippen LogP contribution in [0.25, 0.3) is 0 Å². The Morgan fingerprint density at radius 3 is 2.86 bits per heavy atom. The smallest absolute Gasteiger partial charge is 0.125 e. The normalized spacial score (nSPS) is 17.9. The fourth-order valence-corrected chi connectivity index (χ4v) is 2.18. The first-order chi connectivity index (χ1) is 6.74. The Bertz CT molecular complexity index is 323. The van der Waals surface area contributed by atoms with Gasteiger partial charge in [0.15, 0.2) is 0 Å². The van der Waals surface area contributed by atoms with Gasteiger partial charge >= 0.3 is 0 Å². The van der Waals surface area contributed by atoms with Gasteiger partial charge in [0.2, 0.25) is 0 Å². The molecule has 3 heteroatoms. The number of rotatable bonds is 4. The van der Waals surface area contributed by atoms with Gasteiger partial charge in [-0.25, -0.2) is 4.39 Å². The van der Waals surface area contributed by atoms with E-state index in [1.807, 2.05) is 17.8 Å². The van der Waals surface area contributed by atoms with Crippen molar-refractivity contribution < 1.29 is 4.39 Å². The van der Waals surface area contributed by atoms with E-state index in [1.165, 1.54) is 25.0 Å². The van der Waals surface area contributed by atoms with E-state index in [-0.39, 0.29) is 5.82 Å². The van der Waals surface area contributed by atoms with Gasteiger partial charge in [-0.05, 0) is 37.3 Å². The minimum atomic E-state index is -0.177. The highest BCUT2D eigenvalue weighted by Crippen LogP contribution is 2.46. The zero-order valence-electron chi connectivity index (χ0n) is 8.22. The number of thioether (sulfide) groups is 1. The van der Waals surface area contributed by atoms with Gasteiger partial charge in [0.25, 0.3) is 0 Å². The van der Waals surface area contributed by atoms with Gasteiger partial charge in [0, 0.05) is 17.0 Å². The Hall–Kier alpha value is -0.700. The molecule has 0 bridgehead atoms. The monoisotopic (exact) mass is 211 g/mol. The molecule has 0 aromatic heterocycles. The van der Waals surface area contributed by atoms with Crippen molar-refractivity contribution in [2.75, 3.05) is 18.1 Å². The van der Waals surface area contributed by atoms with Crippen molar-refractivity contribution in [3.8, 4) is 0 Å². The molecule has 1 nitrogen and oxygen atoms in total. The molecule has 2 rings (SSSR count). The first-order valence-corrected chi connectivity index (χ1v) is 6.01. The molecule has 0 saturated heterocycles. The summed E-state index contributed by atoms with van der Waals surface area (Å²) in [5.74, 6) is -0.177. The van der Waals surface area contributed by atoms with Crippen molar-refractivity contribution in [2.24, 2.45) is 0 Å². The molecule has 14 heavy (non-hydrogen) atoms. The van der Waals surface area contributed by atoms with Crippen LogP contribution in [0.2, 0.25) is 0 Å². The molecule has 0 radical (unpaired) electrons. The number of hydrogen-bond donors (Lipinski definition) is 1. The lowest BCUT2D eigenvalue weighted by Crippen LogP contribution is -2.17. The van der Waals surface area contributed by atoms with Crippen molar-refractivity contribution in [3.05, 3.63) is 30.1 Å². The second-order valence-corrected chi connectivity index (χ2v) is 5.03. The maximum absolute atomic E-state index is 12.8. The molecule has 1 aromatic rings. The molecule has 0 atom stereocenters. The first kappa shape index (κ1) is 9.84. The summed E-state index contributed by atoms with van der Waals surface area (Å²) in [7, 11) is 0. The molecule has 76 valence electrons. The summed E-state index contributed by atoms with van der Waals surface area (Å²) in [5.41, 5.74) is 0.880. The van der Waals surface area contributed by atoms with Gasteiger partial charge in [0.1, 0.15) is 5.82 Å². The second-order valence-electron chi connectivity index (χ2n) is 3.75. The Kier molecular flexibility index (Phi) is 2.68. The van der Waals surface area contributed by atoms with Gasteiger partial charge in [-0.15, -0.1) is 0 Å².